The summed E-state index contributed by atoms with van der Waals surface area (Å²) in [5, 5.41) is 2.89. The first kappa shape index (κ1) is 22.4. The molecule has 2 aromatic carbocycles. The molecule has 0 aliphatic heterocycles. The summed E-state index contributed by atoms with van der Waals surface area (Å²) in [5.74, 6) is -0.321. The molecule has 0 saturated carbocycles. The third-order valence-electron chi connectivity index (χ3n) is 5.27. The molecular formula is C21H24N4O5S. The second-order valence-electron chi connectivity index (χ2n) is 7.33. The molecule has 31 heavy (non-hydrogen) atoms. The predicted molar refractivity (Wildman–Crippen MR) is 119 cm³/mol. The molecule has 1 heterocycles. The Hall–Kier alpha value is -3.24. The van der Waals surface area contributed by atoms with Gasteiger partial charge in [0.25, 0.3) is 5.56 Å². The van der Waals surface area contributed by atoms with Gasteiger partial charge in [-0.15, -0.1) is 0 Å². The van der Waals surface area contributed by atoms with Crippen molar-refractivity contribution in [3.05, 3.63) is 68.4 Å². The average molecular weight is 445 g/mol. The molecule has 3 rings (SSSR count). The van der Waals surface area contributed by atoms with E-state index in [0.29, 0.717) is 11.2 Å². The van der Waals surface area contributed by atoms with Crippen LogP contribution in [-0.4, -0.2) is 30.0 Å². The maximum atomic E-state index is 12.6. The summed E-state index contributed by atoms with van der Waals surface area (Å²) in [6.45, 7) is 3.73. The van der Waals surface area contributed by atoms with Crippen molar-refractivity contribution in [2.75, 3.05) is 11.9 Å². The Labute approximate surface area is 179 Å². The lowest BCUT2D eigenvalue weighted by atomic mass is 10.1. The zero-order chi connectivity index (χ0) is 22.9. The molecule has 1 aromatic heterocycles. The molecule has 9 nitrogen and oxygen atoms in total. The van der Waals surface area contributed by atoms with Gasteiger partial charge in [0.2, 0.25) is 15.9 Å². The van der Waals surface area contributed by atoms with Gasteiger partial charge in [-0.3, -0.25) is 18.7 Å². The van der Waals surface area contributed by atoms with Gasteiger partial charge >= 0.3 is 5.69 Å². The Kier molecular flexibility index (Phi) is 6.14. The van der Waals surface area contributed by atoms with E-state index in [9.17, 15) is 22.8 Å². The lowest BCUT2D eigenvalue weighted by molar-refractivity contribution is -0.116. The second kappa shape index (κ2) is 8.48. The van der Waals surface area contributed by atoms with Crippen molar-refractivity contribution in [1.29, 1.82) is 0 Å². The minimum absolute atomic E-state index is 0.0591. The number of rotatable bonds is 6. The Bertz CT molecular complexity index is 1400. The van der Waals surface area contributed by atoms with Crippen LogP contribution in [0, 0.1) is 13.8 Å². The van der Waals surface area contributed by atoms with Crippen LogP contribution in [0.3, 0.4) is 0 Å². The molecule has 0 atom stereocenters. The fraction of sp³-hybridized carbons (Fsp3) is 0.286. The Morgan fingerprint density at radius 3 is 2.45 bits per heavy atom. The van der Waals surface area contributed by atoms with Crippen molar-refractivity contribution >= 4 is 32.5 Å². The van der Waals surface area contributed by atoms with Gasteiger partial charge in [0.1, 0.15) is 0 Å². The number of aromatic nitrogens is 2. The van der Waals surface area contributed by atoms with Crippen molar-refractivity contribution in [2.45, 2.75) is 25.2 Å². The van der Waals surface area contributed by atoms with Crippen LogP contribution >= 0.6 is 0 Å². The highest BCUT2D eigenvalue weighted by molar-refractivity contribution is 7.89. The molecule has 2 N–H and O–H groups in total. The third-order valence-corrected chi connectivity index (χ3v) is 6.73. The molecule has 0 aliphatic rings. The minimum Gasteiger partial charge on any atom is -0.326 e. The van der Waals surface area contributed by atoms with E-state index < -0.39 is 21.3 Å². The van der Waals surface area contributed by atoms with E-state index in [4.69, 9.17) is 0 Å². The van der Waals surface area contributed by atoms with E-state index in [0.717, 1.165) is 15.7 Å². The summed E-state index contributed by atoms with van der Waals surface area (Å²) in [4.78, 5) is 36.5. The van der Waals surface area contributed by atoms with E-state index in [-0.39, 0.29) is 29.2 Å². The van der Waals surface area contributed by atoms with Crippen LogP contribution in [-0.2, 0) is 28.9 Å². The van der Waals surface area contributed by atoms with E-state index in [1.165, 1.54) is 36.9 Å². The maximum absolute atomic E-state index is 12.6. The highest BCUT2D eigenvalue weighted by Gasteiger charge is 2.17. The normalized spacial score (nSPS) is 11.6. The molecule has 0 saturated heterocycles. The number of nitrogens with zero attached hydrogens (tertiary/aromatic N) is 2. The zero-order valence-electron chi connectivity index (χ0n) is 17.7. The van der Waals surface area contributed by atoms with Gasteiger partial charge in [-0.2, -0.15) is 0 Å². The van der Waals surface area contributed by atoms with Gasteiger partial charge in [0.05, 0.1) is 15.8 Å². The molecule has 0 radical (unpaired) electrons. The van der Waals surface area contributed by atoms with E-state index in [2.05, 4.69) is 10.0 Å². The highest BCUT2D eigenvalue weighted by Crippen LogP contribution is 2.18. The van der Waals surface area contributed by atoms with E-state index >= 15 is 0 Å². The van der Waals surface area contributed by atoms with Crippen molar-refractivity contribution < 1.29 is 13.2 Å². The number of carbonyl (C=O) groups excluding carboxylic acids is 1. The monoisotopic (exact) mass is 444 g/mol. The number of hydrogen-bond acceptors (Lipinski definition) is 5. The maximum Gasteiger partial charge on any atom is 0.330 e. The van der Waals surface area contributed by atoms with Crippen LogP contribution in [0.5, 0.6) is 0 Å². The van der Waals surface area contributed by atoms with Gasteiger partial charge in [-0.1, -0.05) is 12.1 Å². The number of amides is 1. The SMILES string of the molecule is Cc1cccc(NC(=O)CCNS(=O)(=O)c2ccc3c(c2)c(=O)n(C)c(=O)n3C)c1C. The van der Waals surface area contributed by atoms with E-state index in [1.807, 2.05) is 26.0 Å². The molecule has 0 aliphatic carbocycles. The van der Waals surface area contributed by atoms with Gasteiger partial charge in [-0.25, -0.2) is 17.9 Å². The molecule has 0 spiro atoms. The van der Waals surface area contributed by atoms with Crippen LogP contribution in [0.25, 0.3) is 10.9 Å². The number of sulfonamides is 1. The summed E-state index contributed by atoms with van der Waals surface area (Å²) >= 11 is 0. The molecule has 164 valence electrons. The fourth-order valence-electron chi connectivity index (χ4n) is 3.22. The van der Waals surface area contributed by atoms with Crippen molar-refractivity contribution in [1.82, 2.24) is 13.9 Å². The quantitative estimate of drug-likeness (QED) is 0.591. The molecule has 10 heteroatoms. The summed E-state index contributed by atoms with van der Waals surface area (Å²) in [5.41, 5.74) is 1.93. The van der Waals surface area contributed by atoms with Gasteiger partial charge in [-0.05, 0) is 49.2 Å². The molecule has 0 fully saturated rings. The summed E-state index contributed by atoms with van der Waals surface area (Å²) < 4.78 is 29.9. The first-order valence-electron chi connectivity index (χ1n) is 9.58. The van der Waals surface area contributed by atoms with Crippen LogP contribution in [0.1, 0.15) is 17.5 Å². The molecule has 0 bridgehead atoms. The van der Waals surface area contributed by atoms with E-state index in [1.54, 1.807) is 6.07 Å². The van der Waals surface area contributed by atoms with Crippen LogP contribution in [0.4, 0.5) is 5.69 Å². The number of nitrogens with one attached hydrogen (secondary N) is 2. The summed E-state index contributed by atoms with van der Waals surface area (Å²) in [7, 11) is -1.12. The van der Waals surface area contributed by atoms with Crippen LogP contribution < -0.4 is 21.3 Å². The van der Waals surface area contributed by atoms with Gasteiger partial charge < -0.3 is 5.32 Å². The lowest BCUT2D eigenvalue weighted by Crippen LogP contribution is -2.37. The summed E-state index contributed by atoms with van der Waals surface area (Å²) in [6.07, 6.45) is -0.0591. The van der Waals surface area contributed by atoms with Crippen molar-refractivity contribution in [3.63, 3.8) is 0 Å². The number of benzene rings is 2. The molecule has 0 unspecified atom stereocenters. The fourth-order valence-corrected chi connectivity index (χ4v) is 4.28. The lowest BCUT2D eigenvalue weighted by Gasteiger charge is -2.12. The van der Waals surface area contributed by atoms with Crippen LogP contribution in [0.2, 0.25) is 0 Å². The van der Waals surface area contributed by atoms with Crippen molar-refractivity contribution in [2.24, 2.45) is 14.1 Å². The predicted octanol–water partition coefficient (Wildman–Crippen LogP) is 1.16. The standard InChI is InChI=1S/C21H24N4O5S/c1-13-6-5-7-17(14(13)2)23-19(26)10-11-22-31(29,30)15-8-9-18-16(12-15)20(27)25(4)21(28)24(18)3/h5-9,12,22H,10-11H2,1-4H3,(H,23,26). The smallest absolute Gasteiger partial charge is 0.326 e. The number of aryl methyl sites for hydroxylation is 2. The van der Waals surface area contributed by atoms with Gasteiger partial charge in [0, 0.05) is 32.7 Å². The Morgan fingerprint density at radius 2 is 1.74 bits per heavy atom. The number of carbonyl (C=O) groups is 1. The minimum atomic E-state index is -3.95. The Balaban J connectivity index is 1.74. The van der Waals surface area contributed by atoms with Crippen molar-refractivity contribution in [3.8, 4) is 0 Å². The number of anilines is 1. The molecule has 3 aromatic rings. The van der Waals surface area contributed by atoms with Crippen LogP contribution in [0.15, 0.2) is 50.9 Å². The first-order valence-corrected chi connectivity index (χ1v) is 11.1. The largest absolute Gasteiger partial charge is 0.330 e. The first-order chi connectivity index (χ1) is 14.5. The molecular weight excluding hydrogens is 420 g/mol. The number of hydrogen-bond donors (Lipinski definition) is 2. The average Bonchev–Trinajstić information content (AvgIpc) is 2.73. The highest BCUT2D eigenvalue weighted by atomic mass is 32.2. The second-order valence-corrected chi connectivity index (χ2v) is 9.10. The topological polar surface area (TPSA) is 119 Å². The molecule has 1 amide bonds. The zero-order valence-corrected chi connectivity index (χ0v) is 18.5. The number of fused-ring (bicyclic) bond motifs is 1. The summed E-state index contributed by atoms with van der Waals surface area (Å²) in [6, 6.07) is 9.52. The Morgan fingerprint density at radius 1 is 1.03 bits per heavy atom. The third kappa shape index (κ3) is 4.44. The van der Waals surface area contributed by atoms with Gasteiger partial charge in [0.15, 0.2) is 0 Å².